The van der Waals surface area contributed by atoms with E-state index in [0.29, 0.717) is 59.8 Å². The number of nitrogens with zero attached hydrogens (tertiary/aromatic N) is 4. The number of nitrogens with one attached hydrogen (secondary N) is 1. The number of thioether (sulfide) groups is 1. The van der Waals surface area contributed by atoms with Gasteiger partial charge in [0, 0.05) is 30.1 Å². The Labute approximate surface area is 194 Å². The predicted octanol–water partition coefficient (Wildman–Crippen LogP) is 4.21. The monoisotopic (exact) mass is 471 g/mol. The van der Waals surface area contributed by atoms with Crippen molar-refractivity contribution in [1.82, 2.24) is 20.0 Å². The number of hydrogen-bond acceptors (Lipinski definition) is 7. The number of aryl methyl sites for hydroxylation is 1. The highest BCUT2D eigenvalue weighted by Gasteiger charge is 2.29. The van der Waals surface area contributed by atoms with Gasteiger partial charge < -0.3 is 14.7 Å². The maximum absolute atomic E-state index is 13.2. The molecule has 1 aliphatic heterocycles. The minimum absolute atomic E-state index is 0.0342. The number of anilines is 1. The molecule has 0 unspecified atom stereocenters. The Balaban J connectivity index is 1.34. The maximum atomic E-state index is 13.2. The average molecular weight is 472 g/mol. The Bertz CT molecular complexity index is 1100. The third kappa shape index (κ3) is 5.46. The summed E-state index contributed by atoms with van der Waals surface area (Å²) in [4.78, 5) is 36.7. The first kappa shape index (κ1) is 22.3. The highest BCUT2D eigenvalue weighted by molar-refractivity contribution is 7.98. The summed E-state index contributed by atoms with van der Waals surface area (Å²) in [5.74, 6) is 1.79. The first-order valence-electron chi connectivity index (χ1n) is 10.2. The fraction of sp³-hybridized carbons (Fsp3) is 0.318. The van der Waals surface area contributed by atoms with E-state index in [1.165, 1.54) is 18.0 Å². The number of hydrogen-bond donors (Lipinski definition) is 1. The van der Waals surface area contributed by atoms with Crippen LogP contribution in [0.1, 0.15) is 34.9 Å². The van der Waals surface area contributed by atoms with Crippen LogP contribution < -0.4 is 5.32 Å². The molecule has 0 saturated carbocycles. The SMILES string of the molecule is Cc1noc(CSc2ccccc2C(=O)N2CCC(C(=O)Nc3ccc(Cl)cn3)CC2)n1. The molecule has 4 rings (SSSR count). The van der Waals surface area contributed by atoms with Gasteiger partial charge in [0.05, 0.1) is 16.3 Å². The molecule has 1 saturated heterocycles. The molecule has 10 heteroatoms. The molecule has 3 heterocycles. The highest BCUT2D eigenvalue weighted by atomic mass is 35.5. The molecular weight excluding hydrogens is 450 g/mol. The fourth-order valence-electron chi connectivity index (χ4n) is 3.50. The molecule has 8 nitrogen and oxygen atoms in total. The largest absolute Gasteiger partial charge is 0.339 e. The van der Waals surface area contributed by atoms with Gasteiger partial charge in [0.25, 0.3) is 5.91 Å². The van der Waals surface area contributed by atoms with Crippen molar-refractivity contribution in [2.75, 3.05) is 18.4 Å². The van der Waals surface area contributed by atoms with Crippen LogP contribution >= 0.6 is 23.4 Å². The summed E-state index contributed by atoms with van der Waals surface area (Å²) in [5.41, 5.74) is 0.641. The van der Waals surface area contributed by atoms with E-state index in [0.717, 1.165) is 4.90 Å². The zero-order valence-electron chi connectivity index (χ0n) is 17.5. The molecule has 0 bridgehead atoms. The van der Waals surface area contributed by atoms with Crippen LogP contribution in [-0.2, 0) is 10.5 Å². The summed E-state index contributed by atoms with van der Waals surface area (Å²) in [5, 5.41) is 7.13. The van der Waals surface area contributed by atoms with Crippen molar-refractivity contribution in [2.24, 2.45) is 5.92 Å². The van der Waals surface area contributed by atoms with Gasteiger partial charge in [0.15, 0.2) is 5.82 Å². The molecule has 0 aliphatic carbocycles. The summed E-state index contributed by atoms with van der Waals surface area (Å²) in [6.07, 6.45) is 2.69. The number of carbonyl (C=O) groups is 2. The van der Waals surface area contributed by atoms with Crippen molar-refractivity contribution in [1.29, 1.82) is 0 Å². The Morgan fingerprint density at radius 2 is 2.00 bits per heavy atom. The van der Waals surface area contributed by atoms with Crippen molar-refractivity contribution >= 4 is 41.0 Å². The molecule has 1 aliphatic rings. The molecule has 0 spiro atoms. The number of amides is 2. The summed E-state index contributed by atoms with van der Waals surface area (Å²) >= 11 is 7.32. The van der Waals surface area contributed by atoms with Crippen LogP contribution in [0, 0.1) is 12.8 Å². The standard InChI is InChI=1S/C22H22ClN5O3S/c1-14-25-20(31-27-14)13-32-18-5-3-2-4-17(18)22(30)28-10-8-15(9-11-28)21(29)26-19-7-6-16(23)12-24-19/h2-7,12,15H,8-11,13H2,1H3,(H,24,26,29). The van der Waals surface area contributed by atoms with Gasteiger partial charge in [-0.3, -0.25) is 9.59 Å². The first-order chi connectivity index (χ1) is 15.5. The number of rotatable bonds is 6. The van der Waals surface area contributed by atoms with Crippen molar-refractivity contribution < 1.29 is 14.1 Å². The van der Waals surface area contributed by atoms with E-state index in [2.05, 4.69) is 20.4 Å². The van der Waals surface area contributed by atoms with Gasteiger partial charge in [-0.2, -0.15) is 4.98 Å². The van der Waals surface area contributed by atoms with E-state index < -0.39 is 0 Å². The number of piperidine rings is 1. The normalized spacial score (nSPS) is 14.4. The predicted molar refractivity (Wildman–Crippen MR) is 122 cm³/mol. The van der Waals surface area contributed by atoms with Gasteiger partial charge in [0.2, 0.25) is 11.8 Å². The lowest BCUT2D eigenvalue weighted by atomic mass is 9.95. The number of halogens is 1. The summed E-state index contributed by atoms with van der Waals surface area (Å²) in [6, 6.07) is 10.9. The minimum atomic E-state index is -0.165. The van der Waals surface area contributed by atoms with Crippen LogP contribution in [0.15, 0.2) is 52.0 Å². The van der Waals surface area contributed by atoms with Crippen molar-refractivity contribution in [2.45, 2.75) is 30.4 Å². The third-order valence-electron chi connectivity index (χ3n) is 5.17. The van der Waals surface area contributed by atoms with Gasteiger partial charge in [-0.05, 0) is 44.0 Å². The van der Waals surface area contributed by atoms with Crippen LogP contribution in [0.4, 0.5) is 5.82 Å². The Kier molecular flexibility index (Phi) is 7.06. The van der Waals surface area contributed by atoms with Gasteiger partial charge in [0.1, 0.15) is 5.82 Å². The molecule has 2 aromatic heterocycles. The second kappa shape index (κ2) is 10.1. The molecule has 1 fully saturated rings. The van der Waals surface area contributed by atoms with E-state index in [4.69, 9.17) is 16.1 Å². The maximum Gasteiger partial charge on any atom is 0.254 e. The average Bonchev–Trinajstić information content (AvgIpc) is 3.24. The molecular formula is C22H22ClN5O3S. The van der Waals surface area contributed by atoms with Gasteiger partial charge in [-0.1, -0.05) is 28.9 Å². The summed E-state index contributed by atoms with van der Waals surface area (Å²) in [6.45, 7) is 2.81. The molecule has 32 heavy (non-hydrogen) atoms. The second-order valence-electron chi connectivity index (χ2n) is 7.44. The molecule has 2 amide bonds. The van der Waals surface area contributed by atoms with Crippen molar-refractivity contribution in [3.05, 3.63) is 64.9 Å². The van der Waals surface area contributed by atoms with E-state index >= 15 is 0 Å². The van der Waals surface area contributed by atoms with Crippen LogP contribution in [0.2, 0.25) is 5.02 Å². The molecule has 0 radical (unpaired) electrons. The van der Waals surface area contributed by atoms with E-state index in [9.17, 15) is 9.59 Å². The van der Waals surface area contributed by atoms with Crippen LogP contribution in [0.25, 0.3) is 0 Å². The topological polar surface area (TPSA) is 101 Å². The van der Waals surface area contributed by atoms with Gasteiger partial charge in [-0.25, -0.2) is 4.98 Å². The summed E-state index contributed by atoms with van der Waals surface area (Å²) in [7, 11) is 0. The molecule has 1 N–H and O–H groups in total. The fourth-order valence-corrected chi connectivity index (χ4v) is 4.49. The lowest BCUT2D eigenvalue weighted by Crippen LogP contribution is -2.41. The smallest absolute Gasteiger partial charge is 0.254 e. The van der Waals surface area contributed by atoms with Crippen molar-refractivity contribution in [3.8, 4) is 0 Å². The Morgan fingerprint density at radius 1 is 1.22 bits per heavy atom. The first-order valence-corrected chi connectivity index (χ1v) is 11.6. The molecule has 3 aromatic rings. The Morgan fingerprint density at radius 3 is 2.69 bits per heavy atom. The van der Waals surface area contributed by atoms with Crippen LogP contribution in [0.5, 0.6) is 0 Å². The third-order valence-corrected chi connectivity index (χ3v) is 6.45. The number of carbonyl (C=O) groups excluding carboxylic acids is 2. The molecule has 0 atom stereocenters. The second-order valence-corrected chi connectivity index (χ2v) is 8.89. The quantitative estimate of drug-likeness (QED) is 0.537. The number of benzene rings is 1. The lowest BCUT2D eigenvalue weighted by Gasteiger charge is -2.31. The number of likely N-dealkylation sites (tertiary alicyclic amines) is 1. The summed E-state index contributed by atoms with van der Waals surface area (Å²) < 4.78 is 5.16. The Hall–Kier alpha value is -2.91. The molecule has 166 valence electrons. The highest BCUT2D eigenvalue weighted by Crippen LogP contribution is 2.28. The van der Waals surface area contributed by atoms with E-state index in [1.54, 1.807) is 24.0 Å². The van der Waals surface area contributed by atoms with E-state index in [-0.39, 0.29) is 17.7 Å². The lowest BCUT2D eigenvalue weighted by molar-refractivity contribution is -0.121. The van der Waals surface area contributed by atoms with Gasteiger partial charge >= 0.3 is 0 Å². The van der Waals surface area contributed by atoms with Crippen LogP contribution in [0.3, 0.4) is 0 Å². The zero-order chi connectivity index (χ0) is 22.5. The number of pyridine rings is 1. The number of aromatic nitrogens is 3. The minimum Gasteiger partial charge on any atom is -0.339 e. The molecule has 1 aromatic carbocycles. The van der Waals surface area contributed by atoms with Crippen LogP contribution in [-0.4, -0.2) is 44.9 Å². The zero-order valence-corrected chi connectivity index (χ0v) is 19.0. The van der Waals surface area contributed by atoms with Crippen molar-refractivity contribution in [3.63, 3.8) is 0 Å². The van der Waals surface area contributed by atoms with Gasteiger partial charge in [-0.15, -0.1) is 11.8 Å². The van der Waals surface area contributed by atoms with E-state index in [1.807, 2.05) is 24.3 Å².